The van der Waals surface area contributed by atoms with Crippen LogP contribution in [-0.2, 0) is 9.53 Å². The zero-order valence-corrected chi connectivity index (χ0v) is 10.7. The molecule has 1 amide bonds. The van der Waals surface area contributed by atoms with E-state index < -0.39 is 6.04 Å². The molecule has 4 heteroatoms. The van der Waals surface area contributed by atoms with E-state index >= 15 is 0 Å². The van der Waals surface area contributed by atoms with Gasteiger partial charge in [-0.15, -0.1) is 0 Å². The van der Waals surface area contributed by atoms with Crippen LogP contribution in [0.5, 0.6) is 0 Å². The van der Waals surface area contributed by atoms with Crippen molar-refractivity contribution in [1.82, 2.24) is 5.32 Å². The lowest BCUT2D eigenvalue weighted by Gasteiger charge is -2.28. The normalized spacial score (nSPS) is 14.9. The van der Waals surface area contributed by atoms with Gasteiger partial charge >= 0.3 is 0 Å². The zero-order valence-electron chi connectivity index (χ0n) is 10.7. The summed E-state index contributed by atoms with van der Waals surface area (Å²) in [6.07, 6.45) is 0. The smallest absolute Gasteiger partial charge is 0.237 e. The van der Waals surface area contributed by atoms with E-state index in [1.165, 1.54) is 0 Å². The Morgan fingerprint density at radius 1 is 1.33 bits per heavy atom. The van der Waals surface area contributed by atoms with Crippen molar-refractivity contribution >= 4 is 5.91 Å². The fourth-order valence-corrected chi connectivity index (χ4v) is 0.875. The van der Waals surface area contributed by atoms with Gasteiger partial charge in [-0.2, -0.15) is 0 Å². The first kappa shape index (κ1) is 14.4. The number of amides is 1. The zero-order chi connectivity index (χ0) is 12.3. The van der Waals surface area contributed by atoms with Crippen molar-refractivity contribution in [3.8, 4) is 0 Å². The lowest BCUT2D eigenvalue weighted by atomic mass is 9.87. The molecule has 0 aromatic carbocycles. The molecule has 0 saturated carbocycles. The van der Waals surface area contributed by atoms with Crippen molar-refractivity contribution in [3.63, 3.8) is 0 Å². The molecule has 0 fully saturated rings. The average molecular weight is 216 g/mol. The maximum atomic E-state index is 11.7. The van der Waals surface area contributed by atoms with Crippen LogP contribution in [0.4, 0.5) is 0 Å². The maximum Gasteiger partial charge on any atom is 0.237 e. The molecule has 0 aliphatic rings. The summed E-state index contributed by atoms with van der Waals surface area (Å²) in [6, 6.07) is -0.495. The Morgan fingerprint density at radius 2 is 1.80 bits per heavy atom. The molecule has 0 spiro atoms. The number of carbonyl (C=O) groups excluding carboxylic acids is 1. The minimum atomic E-state index is -0.495. The van der Waals surface area contributed by atoms with Crippen molar-refractivity contribution in [3.05, 3.63) is 0 Å². The predicted molar refractivity (Wildman–Crippen MR) is 61.5 cm³/mol. The highest BCUT2D eigenvalue weighted by molar-refractivity contribution is 5.82. The second-order valence-electron chi connectivity index (χ2n) is 5.53. The van der Waals surface area contributed by atoms with Gasteiger partial charge in [0, 0.05) is 13.7 Å². The number of rotatable bonds is 4. The van der Waals surface area contributed by atoms with Crippen molar-refractivity contribution in [2.24, 2.45) is 11.1 Å². The summed E-state index contributed by atoms with van der Waals surface area (Å²) >= 11 is 0. The van der Waals surface area contributed by atoms with Crippen LogP contribution in [0.25, 0.3) is 0 Å². The summed E-state index contributed by atoms with van der Waals surface area (Å²) in [7, 11) is 1.62. The molecule has 15 heavy (non-hydrogen) atoms. The van der Waals surface area contributed by atoms with E-state index in [1.54, 1.807) is 7.11 Å². The number of hydrogen-bond donors (Lipinski definition) is 2. The Hall–Kier alpha value is -0.610. The van der Waals surface area contributed by atoms with E-state index in [0.717, 1.165) is 0 Å². The van der Waals surface area contributed by atoms with Crippen LogP contribution in [0.1, 0.15) is 34.6 Å². The molecule has 90 valence electrons. The molecule has 0 saturated heterocycles. The van der Waals surface area contributed by atoms with Crippen molar-refractivity contribution in [2.45, 2.75) is 46.3 Å². The highest BCUT2D eigenvalue weighted by atomic mass is 16.5. The van der Waals surface area contributed by atoms with Crippen LogP contribution in [-0.4, -0.2) is 31.2 Å². The standard InChI is InChI=1S/C11H24N2O2/c1-10(2,3)8(12)9(14)13-7-11(4,5)15-6/h8H,7,12H2,1-6H3,(H,13,14). The molecule has 0 aromatic heterocycles. The summed E-state index contributed by atoms with van der Waals surface area (Å²) in [5.41, 5.74) is 5.24. The van der Waals surface area contributed by atoms with Crippen LogP contribution >= 0.6 is 0 Å². The molecule has 0 rings (SSSR count). The van der Waals surface area contributed by atoms with Gasteiger partial charge in [-0.1, -0.05) is 20.8 Å². The van der Waals surface area contributed by atoms with Gasteiger partial charge < -0.3 is 15.8 Å². The lowest BCUT2D eigenvalue weighted by Crippen LogP contribution is -2.51. The van der Waals surface area contributed by atoms with E-state index in [9.17, 15) is 4.79 Å². The molecule has 1 unspecified atom stereocenters. The summed E-state index contributed by atoms with van der Waals surface area (Å²) in [6.45, 7) is 10.1. The lowest BCUT2D eigenvalue weighted by molar-refractivity contribution is -0.125. The largest absolute Gasteiger partial charge is 0.377 e. The number of methoxy groups -OCH3 is 1. The van der Waals surface area contributed by atoms with Gasteiger partial charge in [0.25, 0.3) is 0 Å². The Bertz CT molecular complexity index is 219. The third kappa shape index (κ3) is 5.14. The molecule has 0 aliphatic heterocycles. The molecule has 0 radical (unpaired) electrons. The van der Waals surface area contributed by atoms with Gasteiger partial charge in [-0.3, -0.25) is 4.79 Å². The van der Waals surface area contributed by atoms with E-state index in [2.05, 4.69) is 5.32 Å². The quantitative estimate of drug-likeness (QED) is 0.734. The maximum absolute atomic E-state index is 11.7. The van der Waals surface area contributed by atoms with Crippen molar-refractivity contribution in [2.75, 3.05) is 13.7 Å². The monoisotopic (exact) mass is 216 g/mol. The number of ether oxygens (including phenoxy) is 1. The molecule has 0 heterocycles. The van der Waals surface area contributed by atoms with Gasteiger partial charge in [-0.05, 0) is 19.3 Å². The van der Waals surface area contributed by atoms with Crippen LogP contribution in [0, 0.1) is 5.41 Å². The highest BCUT2D eigenvalue weighted by Crippen LogP contribution is 2.17. The average Bonchev–Trinajstić information content (AvgIpc) is 2.11. The number of nitrogens with two attached hydrogens (primary N) is 1. The Labute approximate surface area is 92.6 Å². The predicted octanol–water partition coefficient (Wildman–Crippen LogP) is 0.901. The van der Waals surface area contributed by atoms with E-state index in [0.29, 0.717) is 6.54 Å². The second kappa shape index (κ2) is 4.94. The summed E-state index contributed by atoms with van der Waals surface area (Å²) in [5.74, 6) is -0.132. The van der Waals surface area contributed by atoms with Gasteiger partial charge in [0.15, 0.2) is 0 Å². The van der Waals surface area contributed by atoms with Crippen LogP contribution in [0.2, 0.25) is 0 Å². The number of carbonyl (C=O) groups is 1. The summed E-state index contributed by atoms with van der Waals surface area (Å²) < 4.78 is 5.20. The van der Waals surface area contributed by atoms with E-state index in [1.807, 2.05) is 34.6 Å². The van der Waals surface area contributed by atoms with Crippen LogP contribution in [0.3, 0.4) is 0 Å². The minimum absolute atomic E-state index is 0.132. The van der Waals surface area contributed by atoms with Crippen LogP contribution in [0.15, 0.2) is 0 Å². The first-order chi connectivity index (χ1) is 6.60. The van der Waals surface area contributed by atoms with Gasteiger partial charge in [0.05, 0.1) is 11.6 Å². The topological polar surface area (TPSA) is 64.3 Å². The minimum Gasteiger partial charge on any atom is -0.377 e. The van der Waals surface area contributed by atoms with Gasteiger partial charge in [-0.25, -0.2) is 0 Å². The molecule has 1 atom stereocenters. The molecule has 4 nitrogen and oxygen atoms in total. The van der Waals surface area contributed by atoms with Crippen molar-refractivity contribution < 1.29 is 9.53 Å². The second-order valence-corrected chi connectivity index (χ2v) is 5.53. The first-order valence-corrected chi connectivity index (χ1v) is 5.18. The Balaban J connectivity index is 4.17. The van der Waals surface area contributed by atoms with Crippen molar-refractivity contribution in [1.29, 1.82) is 0 Å². The van der Waals surface area contributed by atoms with Crippen LogP contribution < -0.4 is 11.1 Å². The molecule has 0 aromatic rings. The molecular weight excluding hydrogens is 192 g/mol. The Kier molecular flexibility index (Phi) is 4.74. The summed E-state index contributed by atoms with van der Waals surface area (Å²) in [4.78, 5) is 11.7. The fraction of sp³-hybridized carbons (Fsp3) is 0.909. The highest BCUT2D eigenvalue weighted by Gasteiger charge is 2.28. The third-order valence-corrected chi connectivity index (χ3v) is 2.46. The Morgan fingerprint density at radius 3 is 2.13 bits per heavy atom. The van der Waals surface area contributed by atoms with Gasteiger partial charge in [0.1, 0.15) is 0 Å². The van der Waals surface area contributed by atoms with E-state index in [4.69, 9.17) is 10.5 Å². The summed E-state index contributed by atoms with van der Waals surface area (Å²) in [5, 5.41) is 2.79. The van der Waals surface area contributed by atoms with Gasteiger partial charge in [0.2, 0.25) is 5.91 Å². The first-order valence-electron chi connectivity index (χ1n) is 5.18. The van der Waals surface area contributed by atoms with E-state index in [-0.39, 0.29) is 16.9 Å². The number of hydrogen-bond acceptors (Lipinski definition) is 3. The molecular formula is C11H24N2O2. The fourth-order valence-electron chi connectivity index (χ4n) is 0.875. The molecule has 3 N–H and O–H groups in total. The third-order valence-electron chi connectivity index (χ3n) is 2.46. The molecule has 0 bridgehead atoms. The molecule has 0 aliphatic carbocycles. The number of nitrogens with one attached hydrogen (secondary N) is 1. The SMILES string of the molecule is COC(C)(C)CNC(=O)C(N)C(C)(C)C.